The van der Waals surface area contributed by atoms with Gasteiger partial charge in [0.1, 0.15) is 11.6 Å². The summed E-state index contributed by atoms with van der Waals surface area (Å²) in [6.07, 6.45) is 2.31. The van der Waals surface area contributed by atoms with Crippen molar-refractivity contribution < 1.29 is 13.9 Å². The highest BCUT2D eigenvalue weighted by molar-refractivity contribution is 7.99. The summed E-state index contributed by atoms with van der Waals surface area (Å²) in [5.41, 5.74) is 0.581. The number of carbonyl (C=O) groups is 1. The van der Waals surface area contributed by atoms with E-state index in [9.17, 15) is 9.18 Å². The molecule has 1 amide bonds. The molecule has 1 aromatic heterocycles. The smallest absolute Gasteiger partial charge is 0.255 e. The Kier molecular flexibility index (Phi) is 7.06. The summed E-state index contributed by atoms with van der Waals surface area (Å²) < 4.78 is 18.3. The Hall–Kier alpha value is -2.08. The van der Waals surface area contributed by atoms with Gasteiger partial charge in [-0.25, -0.2) is 9.37 Å². The molecule has 0 aliphatic heterocycles. The first-order valence-corrected chi connectivity index (χ1v) is 8.81. The topological polar surface area (TPSA) is 42.4 Å². The quantitative estimate of drug-likeness (QED) is 0.536. The Morgan fingerprint density at radius 2 is 2.00 bits per heavy atom. The Morgan fingerprint density at radius 1 is 1.25 bits per heavy atom. The molecule has 0 N–H and O–H groups in total. The number of amides is 1. The number of rotatable bonds is 8. The van der Waals surface area contributed by atoms with Crippen LogP contribution in [-0.2, 0) is 0 Å². The molecule has 0 radical (unpaired) electrons. The number of nitrogens with zero attached hydrogens (tertiary/aromatic N) is 2. The number of hydrogen-bond donors (Lipinski definition) is 0. The first-order chi connectivity index (χ1) is 11.6. The number of thioether (sulfide) groups is 1. The van der Waals surface area contributed by atoms with Crippen LogP contribution in [0.2, 0.25) is 0 Å². The molecular weight excluding hydrogens is 327 g/mol. The second-order valence-corrected chi connectivity index (χ2v) is 6.49. The lowest BCUT2D eigenvalue weighted by atomic mass is 10.2. The Bertz CT molecular complexity index is 647. The predicted molar refractivity (Wildman–Crippen MR) is 94.1 cm³/mol. The summed E-state index contributed by atoms with van der Waals surface area (Å²) in [6.45, 7) is 3.10. The normalized spacial score (nSPS) is 10.5. The minimum absolute atomic E-state index is 0.0580. The summed E-state index contributed by atoms with van der Waals surface area (Å²) in [4.78, 5) is 18.2. The first-order valence-electron chi connectivity index (χ1n) is 7.83. The van der Waals surface area contributed by atoms with Gasteiger partial charge in [0.05, 0.1) is 17.2 Å². The highest BCUT2D eigenvalue weighted by atomic mass is 32.2. The van der Waals surface area contributed by atoms with Gasteiger partial charge in [0.15, 0.2) is 0 Å². The summed E-state index contributed by atoms with van der Waals surface area (Å²) in [5.74, 6) is 1.23. The van der Waals surface area contributed by atoms with Gasteiger partial charge in [-0.05, 0) is 48.6 Å². The molecule has 6 heteroatoms. The van der Waals surface area contributed by atoms with Gasteiger partial charge < -0.3 is 9.64 Å². The molecule has 0 aliphatic rings. The summed E-state index contributed by atoms with van der Waals surface area (Å²) in [7, 11) is 1.76. The van der Waals surface area contributed by atoms with E-state index >= 15 is 0 Å². The van der Waals surface area contributed by atoms with E-state index in [0.29, 0.717) is 30.9 Å². The molecule has 0 aliphatic carbocycles. The number of halogens is 1. The van der Waals surface area contributed by atoms with Gasteiger partial charge in [-0.3, -0.25) is 4.79 Å². The van der Waals surface area contributed by atoms with Gasteiger partial charge in [-0.2, -0.15) is 0 Å². The van der Waals surface area contributed by atoms with Crippen molar-refractivity contribution >= 4 is 17.7 Å². The van der Waals surface area contributed by atoms with E-state index in [1.54, 1.807) is 48.1 Å². The molecule has 0 bridgehead atoms. The van der Waals surface area contributed by atoms with Crippen LogP contribution in [0.25, 0.3) is 0 Å². The molecule has 0 spiro atoms. The lowest BCUT2D eigenvalue weighted by molar-refractivity contribution is 0.0787. The molecule has 2 aromatic rings. The maximum Gasteiger partial charge on any atom is 0.255 e. The maximum absolute atomic E-state index is 12.8. The van der Waals surface area contributed by atoms with Crippen LogP contribution < -0.4 is 4.74 Å². The molecule has 0 unspecified atom stereocenters. The van der Waals surface area contributed by atoms with Gasteiger partial charge in [-0.1, -0.05) is 6.92 Å². The third-order valence-corrected chi connectivity index (χ3v) is 4.17. The van der Waals surface area contributed by atoms with Crippen molar-refractivity contribution in [3.63, 3.8) is 0 Å². The fourth-order valence-corrected chi connectivity index (χ4v) is 2.67. The van der Waals surface area contributed by atoms with Crippen molar-refractivity contribution in [1.29, 1.82) is 0 Å². The molecule has 0 saturated heterocycles. The number of pyridine rings is 1. The van der Waals surface area contributed by atoms with E-state index in [1.165, 1.54) is 12.1 Å². The molecule has 4 nitrogen and oxygen atoms in total. The number of benzene rings is 1. The van der Waals surface area contributed by atoms with Crippen LogP contribution in [0, 0.1) is 5.82 Å². The van der Waals surface area contributed by atoms with Crippen molar-refractivity contribution in [1.82, 2.24) is 9.88 Å². The number of ether oxygens (including phenoxy) is 1. The number of aromatic nitrogens is 1. The van der Waals surface area contributed by atoms with Gasteiger partial charge in [0, 0.05) is 19.8 Å². The fraction of sp³-hybridized carbons (Fsp3) is 0.333. The zero-order valence-corrected chi connectivity index (χ0v) is 14.7. The van der Waals surface area contributed by atoms with Crippen LogP contribution in [0.3, 0.4) is 0 Å². The number of carbonyl (C=O) groups excluding carboxylic acids is 1. The Labute approximate surface area is 146 Å². The van der Waals surface area contributed by atoms with Crippen LogP contribution in [0.4, 0.5) is 4.39 Å². The summed E-state index contributed by atoms with van der Waals surface area (Å²) in [5, 5.41) is 0.921. The zero-order chi connectivity index (χ0) is 17.4. The minimum atomic E-state index is -0.287. The van der Waals surface area contributed by atoms with Crippen molar-refractivity contribution in [2.24, 2.45) is 0 Å². The average molecular weight is 348 g/mol. The average Bonchev–Trinajstić information content (AvgIpc) is 2.60. The highest BCUT2D eigenvalue weighted by Crippen LogP contribution is 2.15. The molecule has 2 rings (SSSR count). The van der Waals surface area contributed by atoms with Gasteiger partial charge >= 0.3 is 0 Å². The van der Waals surface area contributed by atoms with E-state index < -0.39 is 0 Å². The van der Waals surface area contributed by atoms with E-state index in [-0.39, 0.29) is 11.7 Å². The first kappa shape index (κ1) is 18.3. The second kappa shape index (κ2) is 9.27. The van der Waals surface area contributed by atoms with Crippen LogP contribution in [0.1, 0.15) is 23.7 Å². The summed E-state index contributed by atoms with van der Waals surface area (Å²) in [6, 6.07) is 9.57. The van der Waals surface area contributed by atoms with Crippen molar-refractivity contribution in [2.75, 3.05) is 26.0 Å². The standard InChI is InChI=1S/C18H21FN2O2S/c1-3-24-17-10-5-14(13-20-17)18(22)21(2)11-4-12-23-16-8-6-15(19)7-9-16/h5-10,13H,3-4,11-12H2,1-2H3. The molecule has 0 atom stereocenters. The Balaban J connectivity index is 1.75. The fourth-order valence-electron chi connectivity index (χ4n) is 2.08. The van der Waals surface area contributed by atoms with Crippen molar-refractivity contribution in [3.8, 4) is 5.75 Å². The van der Waals surface area contributed by atoms with Crippen LogP contribution >= 0.6 is 11.8 Å². The maximum atomic E-state index is 12.8. The van der Waals surface area contributed by atoms with Crippen LogP contribution in [0.15, 0.2) is 47.6 Å². The van der Waals surface area contributed by atoms with E-state index in [0.717, 1.165) is 10.8 Å². The van der Waals surface area contributed by atoms with Crippen molar-refractivity contribution in [2.45, 2.75) is 18.4 Å². The second-order valence-electron chi connectivity index (χ2n) is 5.20. The molecular formula is C18H21FN2O2S. The van der Waals surface area contributed by atoms with Gasteiger partial charge in [0.2, 0.25) is 0 Å². The number of hydrogen-bond acceptors (Lipinski definition) is 4. The third-order valence-electron chi connectivity index (χ3n) is 3.34. The Morgan fingerprint density at radius 3 is 2.62 bits per heavy atom. The molecule has 1 heterocycles. The zero-order valence-electron chi connectivity index (χ0n) is 13.9. The minimum Gasteiger partial charge on any atom is -0.494 e. The molecule has 128 valence electrons. The molecule has 0 fully saturated rings. The van der Waals surface area contributed by atoms with E-state index in [4.69, 9.17) is 4.74 Å². The monoisotopic (exact) mass is 348 g/mol. The van der Waals surface area contributed by atoms with Crippen LogP contribution in [-0.4, -0.2) is 41.7 Å². The van der Waals surface area contributed by atoms with Gasteiger partial charge in [-0.15, -0.1) is 11.8 Å². The van der Waals surface area contributed by atoms with Gasteiger partial charge in [0.25, 0.3) is 5.91 Å². The highest BCUT2D eigenvalue weighted by Gasteiger charge is 2.11. The lowest BCUT2D eigenvalue weighted by Gasteiger charge is -2.17. The SMILES string of the molecule is CCSc1ccc(C(=O)N(C)CCCOc2ccc(F)cc2)cn1. The van der Waals surface area contributed by atoms with Crippen LogP contribution in [0.5, 0.6) is 5.75 Å². The predicted octanol–water partition coefficient (Wildman–Crippen LogP) is 3.87. The molecule has 24 heavy (non-hydrogen) atoms. The van der Waals surface area contributed by atoms with E-state index in [1.807, 2.05) is 6.07 Å². The lowest BCUT2D eigenvalue weighted by Crippen LogP contribution is -2.28. The molecule has 0 saturated carbocycles. The third kappa shape index (κ3) is 5.53. The van der Waals surface area contributed by atoms with Crippen molar-refractivity contribution in [3.05, 3.63) is 54.0 Å². The molecule has 1 aromatic carbocycles. The largest absolute Gasteiger partial charge is 0.494 e. The van der Waals surface area contributed by atoms with E-state index in [2.05, 4.69) is 11.9 Å². The summed E-state index contributed by atoms with van der Waals surface area (Å²) >= 11 is 1.64.